The zero-order valence-electron chi connectivity index (χ0n) is 27.1. The Morgan fingerprint density at radius 3 is 2.65 bits per heavy atom. The van der Waals surface area contributed by atoms with Crippen molar-refractivity contribution in [2.45, 2.75) is 52.2 Å². The molecule has 11 nitrogen and oxygen atoms in total. The van der Waals surface area contributed by atoms with E-state index in [2.05, 4.69) is 27.2 Å². The fourth-order valence-electron chi connectivity index (χ4n) is 6.27. The van der Waals surface area contributed by atoms with Crippen LogP contribution in [-0.2, 0) is 36.0 Å². The summed E-state index contributed by atoms with van der Waals surface area (Å²) in [4.78, 5) is 42.4. The standard InChI is InChI=1S/C34H36ClN7O4S2/c1-20-15-26(32-31(38-20)28(19-47-32)33(43)40-48(4,45)46)25-16-23(35)5-7-29(25)37-13-14-42-21(2)39-30-8-6-24(17-27(30)34(42)44)41(3)18-22-9-11-36-12-10-22/h5,7,9-12,15-16,19,24,37H,6,8,13-14,17-18H2,1-4H3,(H,40,43)/t24-/m0/s1. The van der Waals surface area contributed by atoms with Crippen LogP contribution in [0.25, 0.3) is 21.3 Å². The van der Waals surface area contributed by atoms with E-state index in [-0.39, 0.29) is 17.2 Å². The summed E-state index contributed by atoms with van der Waals surface area (Å²) in [5.41, 5.74) is 6.50. The molecule has 0 radical (unpaired) electrons. The second kappa shape index (κ2) is 13.7. The van der Waals surface area contributed by atoms with Crippen LogP contribution in [0.3, 0.4) is 0 Å². The molecule has 250 valence electrons. The highest BCUT2D eigenvalue weighted by Crippen LogP contribution is 2.39. The van der Waals surface area contributed by atoms with Gasteiger partial charge in [0.2, 0.25) is 10.0 Å². The lowest BCUT2D eigenvalue weighted by molar-refractivity contribution is 0.0983. The minimum atomic E-state index is -3.75. The molecule has 0 unspecified atom stereocenters. The Labute approximate surface area is 288 Å². The number of benzene rings is 1. The first-order valence-corrected chi connectivity index (χ1v) is 18.7. The van der Waals surface area contributed by atoms with Crippen LogP contribution in [0.5, 0.6) is 0 Å². The van der Waals surface area contributed by atoms with Crippen LogP contribution in [-0.4, -0.2) is 64.6 Å². The van der Waals surface area contributed by atoms with E-state index in [4.69, 9.17) is 16.6 Å². The molecule has 0 bridgehead atoms. The van der Waals surface area contributed by atoms with E-state index in [9.17, 15) is 18.0 Å². The van der Waals surface area contributed by atoms with Crippen LogP contribution in [0.2, 0.25) is 5.02 Å². The maximum Gasteiger partial charge on any atom is 0.267 e. The number of pyridine rings is 2. The van der Waals surface area contributed by atoms with Crippen LogP contribution in [0.4, 0.5) is 5.69 Å². The Bertz CT molecular complexity index is 2190. The van der Waals surface area contributed by atoms with Crippen molar-refractivity contribution in [3.63, 3.8) is 0 Å². The van der Waals surface area contributed by atoms with Crippen LogP contribution in [0, 0.1) is 13.8 Å². The van der Waals surface area contributed by atoms with Crippen molar-refractivity contribution in [1.82, 2.24) is 29.1 Å². The number of likely N-dealkylation sites (N-methyl/N-ethyl adjacent to an activating group) is 1. The summed E-state index contributed by atoms with van der Waals surface area (Å²) >= 11 is 7.78. The highest BCUT2D eigenvalue weighted by Gasteiger charge is 2.27. The van der Waals surface area contributed by atoms with Gasteiger partial charge in [0, 0.05) is 76.5 Å². The Morgan fingerprint density at radius 2 is 1.90 bits per heavy atom. The van der Waals surface area contributed by atoms with Crippen molar-refractivity contribution in [1.29, 1.82) is 0 Å². The Kier molecular flexibility index (Phi) is 9.66. The molecule has 4 aromatic heterocycles. The fraction of sp³-hybridized carbons (Fsp3) is 0.324. The molecule has 1 aliphatic rings. The number of halogens is 1. The number of sulfonamides is 1. The first kappa shape index (κ1) is 33.7. The zero-order valence-corrected chi connectivity index (χ0v) is 29.5. The van der Waals surface area contributed by atoms with Crippen molar-refractivity contribution < 1.29 is 13.2 Å². The summed E-state index contributed by atoms with van der Waals surface area (Å²) < 4.78 is 28.0. The quantitative estimate of drug-likeness (QED) is 0.206. The van der Waals surface area contributed by atoms with E-state index in [1.807, 2.05) is 48.9 Å². The lowest BCUT2D eigenvalue weighted by Crippen LogP contribution is -2.41. The monoisotopic (exact) mass is 705 g/mol. The summed E-state index contributed by atoms with van der Waals surface area (Å²) in [6.45, 7) is 5.33. The highest BCUT2D eigenvalue weighted by molar-refractivity contribution is 7.89. The third kappa shape index (κ3) is 7.29. The van der Waals surface area contributed by atoms with Crippen LogP contribution < -0.4 is 15.6 Å². The number of rotatable bonds is 10. The number of hydrogen-bond acceptors (Lipinski definition) is 10. The van der Waals surface area contributed by atoms with E-state index in [1.165, 1.54) is 16.9 Å². The summed E-state index contributed by atoms with van der Waals surface area (Å²) in [6.07, 6.45) is 6.90. The Hall–Kier alpha value is -4.17. The maximum atomic E-state index is 13.8. The van der Waals surface area contributed by atoms with Gasteiger partial charge in [0.05, 0.1) is 27.7 Å². The topological polar surface area (TPSA) is 139 Å². The van der Waals surface area contributed by atoms with E-state index in [0.29, 0.717) is 41.6 Å². The minimum Gasteiger partial charge on any atom is -0.383 e. The number of nitrogens with zero attached hydrogens (tertiary/aromatic N) is 5. The van der Waals surface area contributed by atoms with Crippen molar-refractivity contribution in [2.24, 2.45) is 0 Å². The number of anilines is 1. The molecule has 1 aromatic carbocycles. The van der Waals surface area contributed by atoms with Gasteiger partial charge in [-0.1, -0.05) is 11.6 Å². The van der Waals surface area contributed by atoms with Gasteiger partial charge in [0.1, 0.15) is 5.82 Å². The van der Waals surface area contributed by atoms with Crippen molar-refractivity contribution in [2.75, 3.05) is 25.2 Å². The van der Waals surface area contributed by atoms with Gasteiger partial charge >= 0.3 is 0 Å². The van der Waals surface area contributed by atoms with E-state index in [1.54, 1.807) is 28.4 Å². The predicted octanol–water partition coefficient (Wildman–Crippen LogP) is 4.98. The summed E-state index contributed by atoms with van der Waals surface area (Å²) in [6, 6.07) is 11.7. The first-order chi connectivity index (χ1) is 22.9. The van der Waals surface area contributed by atoms with Gasteiger partial charge in [-0.25, -0.2) is 18.1 Å². The molecule has 0 aliphatic heterocycles. The number of carbonyl (C=O) groups excluding carboxylic acids is 1. The van der Waals surface area contributed by atoms with Gasteiger partial charge in [0.15, 0.2) is 0 Å². The molecule has 5 aromatic rings. The van der Waals surface area contributed by atoms with Gasteiger partial charge < -0.3 is 5.32 Å². The number of aryl methyl sites for hydroxylation is 3. The fourth-order valence-corrected chi connectivity index (χ4v) is 7.91. The van der Waals surface area contributed by atoms with Gasteiger partial charge in [-0.05, 0) is 82.1 Å². The van der Waals surface area contributed by atoms with Crippen molar-refractivity contribution in [3.05, 3.63) is 103 Å². The molecule has 14 heteroatoms. The smallest absolute Gasteiger partial charge is 0.267 e. The minimum absolute atomic E-state index is 0.00240. The Balaban J connectivity index is 1.23. The molecule has 0 saturated carbocycles. The molecule has 0 saturated heterocycles. The molecule has 1 atom stereocenters. The van der Waals surface area contributed by atoms with Gasteiger partial charge in [-0.15, -0.1) is 11.3 Å². The number of amides is 1. The van der Waals surface area contributed by atoms with E-state index >= 15 is 0 Å². The number of fused-ring (bicyclic) bond motifs is 2. The third-order valence-electron chi connectivity index (χ3n) is 8.59. The van der Waals surface area contributed by atoms with Crippen molar-refractivity contribution >= 4 is 54.8 Å². The average molecular weight is 706 g/mol. The lowest BCUT2D eigenvalue weighted by atomic mass is 9.91. The molecular formula is C34H36ClN7O4S2. The number of nitrogens with one attached hydrogen (secondary N) is 2. The molecule has 0 spiro atoms. The predicted molar refractivity (Wildman–Crippen MR) is 190 cm³/mol. The van der Waals surface area contributed by atoms with Crippen LogP contribution in [0.15, 0.2) is 59.0 Å². The molecule has 6 rings (SSSR count). The number of carbonyl (C=O) groups is 1. The molecule has 2 N–H and O–H groups in total. The van der Waals surface area contributed by atoms with Gasteiger partial charge in [-0.2, -0.15) is 0 Å². The molecule has 1 amide bonds. The van der Waals surface area contributed by atoms with Crippen LogP contribution in [0.1, 0.15) is 45.1 Å². The van der Waals surface area contributed by atoms with Gasteiger partial charge in [-0.3, -0.25) is 29.0 Å². The van der Waals surface area contributed by atoms with Gasteiger partial charge in [0.25, 0.3) is 11.5 Å². The highest BCUT2D eigenvalue weighted by atomic mass is 35.5. The zero-order chi connectivity index (χ0) is 34.2. The molecule has 1 aliphatic carbocycles. The number of hydrogen-bond donors (Lipinski definition) is 2. The van der Waals surface area contributed by atoms with Crippen molar-refractivity contribution in [3.8, 4) is 11.1 Å². The summed E-state index contributed by atoms with van der Waals surface area (Å²) in [5.74, 6) is -0.0474. The molecule has 0 fully saturated rings. The van der Waals surface area contributed by atoms with E-state index in [0.717, 1.165) is 58.4 Å². The average Bonchev–Trinajstić information content (AvgIpc) is 3.46. The SMILES string of the molecule is Cc1cc(-c2cc(Cl)ccc2NCCn2c(C)nc3c(c2=O)C[C@@H](N(C)Cc2ccncc2)CC3)c2scc(C(=O)NS(C)(=O)=O)c2n1. The summed E-state index contributed by atoms with van der Waals surface area (Å²) in [5, 5.41) is 5.62. The summed E-state index contributed by atoms with van der Waals surface area (Å²) in [7, 11) is -1.65. The number of thiophene rings is 1. The Morgan fingerprint density at radius 1 is 1.12 bits per heavy atom. The molecule has 4 heterocycles. The lowest BCUT2D eigenvalue weighted by Gasteiger charge is -2.32. The maximum absolute atomic E-state index is 13.8. The second-order valence-electron chi connectivity index (χ2n) is 12.2. The largest absolute Gasteiger partial charge is 0.383 e. The number of aromatic nitrogens is 4. The second-order valence-corrected chi connectivity index (χ2v) is 15.2. The molecule has 48 heavy (non-hydrogen) atoms. The van der Waals surface area contributed by atoms with E-state index < -0.39 is 15.9 Å². The van der Waals surface area contributed by atoms with Crippen LogP contribution >= 0.6 is 22.9 Å². The normalized spacial score (nSPS) is 14.7. The molecular weight excluding hydrogens is 670 g/mol. The third-order valence-corrected chi connectivity index (χ3v) is 10.4. The first-order valence-electron chi connectivity index (χ1n) is 15.5.